The molecular formula is C28H28Cl3FN4O3. The van der Waals surface area contributed by atoms with E-state index in [2.05, 4.69) is 22.5 Å². The number of rotatable bonds is 7. The predicted molar refractivity (Wildman–Crippen MR) is 153 cm³/mol. The molecule has 1 saturated heterocycles. The number of nitrogens with one attached hydrogen (secondary N) is 2. The molecule has 4 rings (SSSR count). The van der Waals surface area contributed by atoms with Crippen LogP contribution >= 0.6 is 34.8 Å². The average Bonchev–Trinajstić information content (AvgIpc) is 2.88. The van der Waals surface area contributed by atoms with Gasteiger partial charge in [0.05, 0.1) is 16.4 Å². The van der Waals surface area contributed by atoms with Gasteiger partial charge in [-0.1, -0.05) is 46.9 Å². The van der Waals surface area contributed by atoms with Gasteiger partial charge in [-0.2, -0.15) is 0 Å². The Balaban J connectivity index is 1.35. The fourth-order valence-electron chi connectivity index (χ4n) is 4.41. The zero-order valence-corrected chi connectivity index (χ0v) is 23.7. The first-order valence-electron chi connectivity index (χ1n) is 12.3. The Morgan fingerprint density at radius 2 is 1.56 bits per heavy atom. The number of ether oxygens (including phenoxy) is 1. The lowest BCUT2D eigenvalue weighted by Crippen LogP contribution is -2.58. The van der Waals surface area contributed by atoms with Gasteiger partial charge in [-0.3, -0.25) is 9.69 Å². The molecular weight excluding hydrogens is 566 g/mol. The highest BCUT2D eigenvalue weighted by Crippen LogP contribution is 2.30. The molecule has 1 fully saturated rings. The van der Waals surface area contributed by atoms with E-state index in [-0.39, 0.29) is 35.4 Å². The Hall–Kier alpha value is -3.04. The van der Waals surface area contributed by atoms with Gasteiger partial charge in [0.2, 0.25) is 0 Å². The van der Waals surface area contributed by atoms with E-state index < -0.39 is 6.03 Å². The summed E-state index contributed by atoms with van der Waals surface area (Å²) >= 11 is 18.2. The van der Waals surface area contributed by atoms with Gasteiger partial charge >= 0.3 is 6.03 Å². The minimum atomic E-state index is -0.572. The third-order valence-corrected chi connectivity index (χ3v) is 7.24. The van der Waals surface area contributed by atoms with E-state index in [0.29, 0.717) is 46.8 Å². The van der Waals surface area contributed by atoms with Crippen LogP contribution in [0.4, 0.5) is 20.6 Å². The SMILES string of the molecule is C[C@@H]1CN(Cc2ccc(F)cc2)[C@@H](C)CN1C(=O)COc1ccc(Cl)cc1NC(=O)Nc1ccc(Cl)cc1Cl. The second-order valence-corrected chi connectivity index (χ2v) is 10.7. The van der Waals surface area contributed by atoms with E-state index >= 15 is 0 Å². The van der Waals surface area contributed by atoms with Crippen molar-refractivity contribution < 1.29 is 18.7 Å². The lowest BCUT2D eigenvalue weighted by atomic mass is 10.1. The molecule has 0 radical (unpaired) electrons. The second kappa shape index (κ2) is 12.9. The maximum atomic E-state index is 13.3. The summed E-state index contributed by atoms with van der Waals surface area (Å²) in [6.45, 7) is 5.71. The van der Waals surface area contributed by atoms with E-state index in [4.69, 9.17) is 39.5 Å². The maximum Gasteiger partial charge on any atom is 0.323 e. The number of nitrogens with zero attached hydrogens (tertiary/aromatic N) is 2. The van der Waals surface area contributed by atoms with Gasteiger partial charge in [0.25, 0.3) is 5.91 Å². The zero-order chi connectivity index (χ0) is 28.1. The molecule has 3 aromatic rings. The largest absolute Gasteiger partial charge is 0.482 e. The number of halogens is 4. The number of hydrogen-bond donors (Lipinski definition) is 2. The second-order valence-electron chi connectivity index (χ2n) is 9.43. The number of carbonyl (C=O) groups is 2. The molecule has 0 bridgehead atoms. The summed E-state index contributed by atoms with van der Waals surface area (Å²) in [5.74, 6) is -0.143. The van der Waals surface area contributed by atoms with Gasteiger partial charge in [0.1, 0.15) is 11.6 Å². The van der Waals surface area contributed by atoms with Crippen molar-refractivity contribution in [3.05, 3.63) is 87.1 Å². The molecule has 0 aliphatic carbocycles. The molecule has 7 nitrogen and oxygen atoms in total. The predicted octanol–water partition coefficient (Wildman–Crippen LogP) is 6.93. The molecule has 1 aliphatic rings. The monoisotopic (exact) mass is 592 g/mol. The number of amides is 3. The van der Waals surface area contributed by atoms with Crippen LogP contribution in [0.1, 0.15) is 19.4 Å². The summed E-state index contributed by atoms with van der Waals surface area (Å²) in [7, 11) is 0. The van der Waals surface area contributed by atoms with Crippen LogP contribution in [0.2, 0.25) is 15.1 Å². The van der Waals surface area contributed by atoms with Crippen molar-refractivity contribution in [1.82, 2.24) is 9.80 Å². The fraction of sp³-hybridized carbons (Fsp3) is 0.286. The molecule has 2 N–H and O–H groups in total. The van der Waals surface area contributed by atoms with Gasteiger partial charge in [0, 0.05) is 41.8 Å². The number of urea groups is 1. The molecule has 1 aliphatic heterocycles. The van der Waals surface area contributed by atoms with Crippen LogP contribution in [0.25, 0.3) is 0 Å². The van der Waals surface area contributed by atoms with Crippen LogP contribution in [-0.4, -0.2) is 53.5 Å². The quantitative estimate of drug-likeness (QED) is 0.312. The first-order valence-corrected chi connectivity index (χ1v) is 13.5. The van der Waals surface area contributed by atoms with Crippen molar-refractivity contribution in [2.45, 2.75) is 32.5 Å². The van der Waals surface area contributed by atoms with Crippen LogP contribution in [0.5, 0.6) is 5.75 Å². The van der Waals surface area contributed by atoms with Gasteiger partial charge in [0.15, 0.2) is 6.61 Å². The normalized spacial score (nSPS) is 17.5. The number of carbonyl (C=O) groups excluding carboxylic acids is 2. The Morgan fingerprint density at radius 1 is 0.897 bits per heavy atom. The average molecular weight is 594 g/mol. The highest BCUT2D eigenvalue weighted by molar-refractivity contribution is 6.36. The number of anilines is 2. The molecule has 0 unspecified atom stereocenters. The van der Waals surface area contributed by atoms with Crippen LogP contribution in [0.3, 0.4) is 0 Å². The Bertz CT molecular complexity index is 1340. The molecule has 2 atom stereocenters. The minimum Gasteiger partial charge on any atom is -0.482 e. The Kier molecular flexibility index (Phi) is 9.56. The van der Waals surface area contributed by atoms with Crippen molar-refractivity contribution >= 4 is 58.1 Å². The van der Waals surface area contributed by atoms with E-state index in [9.17, 15) is 14.0 Å². The molecule has 0 aromatic heterocycles. The van der Waals surface area contributed by atoms with Crippen molar-refractivity contribution in [2.75, 3.05) is 30.3 Å². The topological polar surface area (TPSA) is 73.9 Å². The van der Waals surface area contributed by atoms with Crippen LogP contribution < -0.4 is 15.4 Å². The molecule has 3 amide bonds. The summed E-state index contributed by atoms with van der Waals surface area (Å²) < 4.78 is 19.1. The zero-order valence-electron chi connectivity index (χ0n) is 21.4. The smallest absolute Gasteiger partial charge is 0.323 e. The molecule has 1 heterocycles. The van der Waals surface area contributed by atoms with Crippen molar-refractivity contribution in [2.24, 2.45) is 0 Å². The summed E-state index contributed by atoms with van der Waals surface area (Å²) in [6, 6.07) is 15.4. The summed E-state index contributed by atoms with van der Waals surface area (Å²) in [5.41, 5.74) is 1.69. The van der Waals surface area contributed by atoms with Gasteiger partial charge in [-0.25, -0.2) is 9.18 Å². The molecule has 0 spiro atoms. The van der Waals surface area contributed by atoms with E-state index in [0.717, 1.165) is 5.56 Å². The highest BCUT2D eigenvalue weighted by Gasteiger charge is 2.32. The lowest BCUT2D eigenvalue weighted by molar-refractivity contribution is -0.139. The first-order chi connectivity index (χ1) is 18.6. The summed E-state index contributed by atoms with van der Waals surface area (Å²) in [6.07, 6.45) is 0. The van der Waals surface area contributed by atoms with Crippen LogP contribution in [0, 0.1) is 5.82 Å². The molecule has 39 heavy (non-hydrogen) atoms. The number of hydrogen-bond acceptors (Lipinski definition) is 4. The molecule has 0 saturated carbocycles. The van der Waals surface area contributed by atoms with Crippen molar-refractivity contribution in [3.8, 4) is 5.75 Å². The van der Waals surface area contributed by atoms with Crippen molar-refractivity contribution in [1.29, 1.82) is 0 Å². The van der Waals surface area contributed by atoms with Crippen LogP contribution in [-0.2, 0) is 11.3 Å². The number of benzene rings is 3. The fourth-order valence-corrected chi connectivity index (χ4v) is 5.03. The maximum absolute atomic E-state index is 13.3. The lowest BCUT2D eigenvalue weighted by Gasteiger charge is -2.44. The van der Waals surface area contributed by atoms with Crippen LogP contribution in [0.15, 0.2) is 60.7 Å². The molecule has 11 heteroatoms. The Morgan fingerprint density at radius 3 is 2.28 bits per heavy atom. The minimum absolute atomic E-state index is 0.0459. The third-order valence-electron chi connectivity index (χ3n) is 6.45. The standard InChI is InChI=1S/C28H28Cl3FN4O3/c1-17-14-36(18(2)13-35(17)15-19-3-7-22(32)8-4-19)27(37)16-39-26-10-6-21(30)12-25(26)34-28(38)33-24-9-5-20(29)11-23(24)31/h3-12,17-18H,13-16H2,1-2H3,(H2,33,34,38)/t17-,18+/m0/s1. The highest BCUT2D eigenvalue weighted by atomic mass is 35.5. The summed E-state index contributed by atoms with van der Waals surface area (Å²) in [4.78, 5) is 29.8. The molecule has 206 valence electrons. The summed E-state index contributed by atoms with van der Waals surface area (Å²) in [5, 5.41) is 6.44. The van der Waals surface area contributed by atoms with Gasteiger partial charge in [-0.15, -0.1) is 0 Å². The number of piperazine rings is 1. The first kappa shape index (κ1) is 29.0. The van der Waals surface area contributed by atoms with E-state index in [1.165, 1.54) is 24.3 Å². The van der Waals surface area contributed by atoms with E-state index in [1.807, 2.05) is 6.92 Å². The van der Waals surface area contributed by atoms with Gasteiger partial charge in [-0.05, 0) is 67.9 Å². The molecule has 3 aromatic carbocycles. The van der Waals surface area contributed by atoms with Crippen molar-refractivity contribution in [3.63, 3.8) is 0 Å². The van der Waals surface area contributed by atoms with E-state index in [1.54, 1.807) is 41.3 Å². The van der Waals surface area contributed by atoms with Gasteiger partial charge < -0.3 is 20.3 Å². The third kappa shape index (κ3) is 7.76. The Labute approximate surface area is 241 Å².